The van der Waals surface area contributed by atoms with Gasteiger partial charge in [-0.15, -0.1) is 0 Å². The lowest BCUT2D eigenvalue weighted by Gasteiger charge is -2.35. The minimum atomic E-state index is 0.159. The molecule has 0 N–H and O–H groups in total. The van der Waals surface area contributed by atoms with E-state index in [1.807, 2.05) is 17.5 Å². The predicted octanol–water partition coefficient (Wildman–Crippen LogP) is 3.51. The summed E-state index contributed by atoms with van der Waals surface area (Å²) < 4.78 is 7.69. The summed E-state index contributed by atoms with van der Waals surface area (Å²) in [5.41, 5.74) is 0.996. The zero-order valence-corrected chi connectivity index (χ0v) is 14.9. The van der Waals surface area contributed by atoms with Gasteiger partial charge in [0, 0.05) is 37.3 Å². The van der Waals surface area contributed by atoms with E-state index in [2.05, 4.69) is 23.7 Å². The molecule has 1 atom stereocenters. The number of fused-ring (bicyclic) bond motifs is 1. The van der Waals surface area contributed by atoms with Crippen LogP contribution in [0.2, 0.25) is 0 Å². The topological polar surface area (TPSA) is 46.8 Å². The van der Waals surface area contributed by atoms with Crippen molar-refractivity contribution in [3.8, 4) is 0 Å². The summed E-state index contributed by atoms with van der Waals surface area (Å²) in [6, 6.07) is 0.295. The van der Waals surface area contributed by atoms with Crippen molar-refractivity contribution in [2.24, 2.45) is 0 Å². The van der Waals surface area contributed by atoms with Gasteiger partial charge >= 0.3 is 0 Å². The number of carbonyl (C=O) groups is 1. The Kier molecular flexibility index (Phi) is 5.02. The summed E-state index contributed by atoms with van der Waals surface area (Å²) in [6.45, 7) is 7.67. The van der Waals surface area contributed by atoms with Crippen molar-refractivity contribution in [3.05, 3.63) is 23.0 Å². The van der Waals surface area contributed by atoms with Gasteiger partial charge in [0.05, 0.1) is 6.10 Å². The molecular weight excluding hydrogens is 310 g/mol. The van der Waals surface area contributed by atoms with E-state index < -0.39 is 0 Å². The molecule has 5 nitrogen and oxygen atoms in total. The van der Waals surface area contributed by atoms with Crippen LogP contribution in [0.4, 0.5) is 0 Å². The Morgan fingerprint density at radius 1 is 1.48 bits per heavy atom. The molecule has 0 radical (unpaired) electrons. The van der Waals surface area contributed by atoms with E-state index >= 15 is 0 Å². The third-order valence-corrected chi connectivity index (χ3v) is 5.63. The molecule has 1 aliphatic rings. The van der Waals surface area contributed by atoms with E-state index in [-0.39, 0.29) is 12.0 Å². The number of likely N-dealkylation sites (tertiary alicyclic amines) is 1. The van der Waals surface area contributed by atoms with E-state index in [4.69, 9.17) is 4.74 Å². The van der Waals surface area contributed by atoms with Crippen LogP contribution in [0.25, 0.3) is 4.96 Å². The summed E-state index contributed by atoms with van der Waals surface area (Å²) >= 11 is 1.49. The Hall–Kier alpha value is -1.40. The minimum absolute atomic E-state index is 0.159. The number of hydrogen-bond donors (Lipinski definition) is 0. The van der Waals surface area contributed by atoms with Crippen molar-refractivity contribution >= 4 is 22.2 Å². The molecule has 3 rings (SSSR count). The van der Waals surface area contributed by atoms with Crippen LogP contribution in [0, 0.1) is 6.92 Å². The number of aryl methyl sites for hydroxylation is 1. The van der Waals surface area contributed by atoms with Crippen molar-refractivity contribution in [1.29, 1.82) is 0 Å². The highest BCUT2D eigenvalue weighted by Crippen LogP contribution is 2.27. The summed E-state index contributed by atoms with van der Waals surface area (Å²) in [7, 11) is 0. The molecule has 1 saturated heterocycles. The molecule has 0 spiro atoms. The Labute approximate surface area is 141 Å². The van der Waals surface area contributed by atoms with Crippen molar-refractivity contribution < 1.29 is 9.53 Å². The van der Waals surface area contributed by atoms with Crippen LogP contribution in [0.1, 0.15) is 54.9 Å². The minimum Gasteiger partial charge on any atom is -0.379 e. The van der Waals surface area contributed by atoms with Gasteiger partial charge in [0.1, 0.15) is 4.88 Å². The van der Waals surface area contributed by atoms with Gasteiger partial charge < -0.3 is 9.64 Å². The quantitative estimate of drug-likeness (QED) is 0.840. The van der Waals surface area contributed by atoms with Crippen molar-refractivity contribution in [1.82, 2.24) is 14.3 Å². The molecule has 1 amide bonds. The summed E-state index contributed by atoms with van der Waals surface area (Å²) in [5.74, 6) is 0.159. The second-order valence-electron chi connectivity index (χ2n) is 6.45. The molecule has 2 aromatic rings. The average molecular weight is 335 g/mol. The van der Waals surface area contributed by atoms with Gasteiger partial charge in [-0.1, -0.05) is 11.3 Å². The van der Waals surface area contributed by atoms with Crippen LogP contribution in [-0.4, -0.2) is 45.5 Å². The zero-order chi connectivity index (χ0) is 16.4. The Balaban J connectivity index is 1.75. The van der Waals surface area contributed by atoms with Crippen LogP contribution in [-0.2, 0) is 4.74 Å². The molecule has 0 bridgehead atoms. The molecule has 1 fully saturated rings. The fourth-order valence-electron chi connectivity index (χ4n) is 3.23. The Bertz CT molecular complexity index is 676. The molecule has 1 aliphatic heterocycles. The Morgan fingerprint density at radius 2 is 2.30 bits per heavy atom. The molecular formula is C17H25N3O2S. The fourth-order valence-corrected chi connectivity index (χ4v) is 4.27. The smallest absolute Gasteiger partial charge is 0.266 e. The lowest BCUT2D eigenvalue weighted by molar-refractivity contribution is 0.0400. The highest BCUT2D eigenvalue weighted by molar-refractivity contribution is 7.19. The van der Waals surface area contributed by atoms with Gasteiger partial charge in [-0.05, 0) is 46.5 Å². The summed E-state index contributed by atoms with van der Waals surface area (Å²) in [6.07, 6.45) is 8.23. The third-order valence-electron chi connectivity index (χ3n) is 4.47. The lowest BCUT2D eigenvalue weighted by Crippen LogP contribution is -2.44. The van der Waals surface area contributed by atoms with Gasteiger partial charge in [-0.3, -0.25) is 9.20 Å². The van der Waals surface area contributed by atoms with Gasteiger partial charge in [-0.25, -0.2) is 4.98 Å². The van der Waals surface area contributed by atoms with Crippen LogP contribution < -0.4 is 0 Å². The zero-order valence-electron chi connectivity index (χ0n) is 14.1. The number of ether oxygens (including phenoxy) is 1. The van der Waals surface area contributed by atoms with Crippen LogP contribution in [0.5, 0.6) is 0 Å². The second kappa shape index (κ2) is 7.01. The van der Waals surface area contributed by atoms with Crippen molar-refractivity contribution in [2.75, 3.05) is 13.2 Å². The number of piperidine rings is 1. The summed E-state index contributed by atoms with van der Waals surface area (Å²) in [4.78, 5) is 21.1. The molecule has 0 aliphatic carbocycles. The maximum absolute atomic E-state index is 13.1. The molecule has 23 heavy (non-hydrogen) atoms. The number of nitrogens with zero attached hydrogens (tertiary/aromatic N) is 3. The van der Waals surface area contributed by atoms with Gasteiger partial charge in [0.15, 0.2) is 4.96 Å². The van der Waals surface area contributed by atoms with Crippen LogP contribution in [0.15, 0.2) is 12.4 Å². The van der Waals surface area contributed by atoms with E-state index in [0.29, 0.717) is 6.04 Å². The van der Waals surface area contributed by atoms with Crippen LogP contribution >= 0.6 is 11.3 Å². The van der Waals surface area contributed by atoms with Gasteiger partial charge in [0.2, 0.25) is 0 Å². The second-order valence-corrected chi connectivity index (χ2v) is 7.43. The highest BCUT2D eigenvalue weighted by atomic mass is 32.1. The molecule has 126 valence electrons. The number of aromatic nitrogens is 2. The van der Waals surface area contributed by atoms with E-state index in [9.17, 15) is 4.79 Å². The van der Waals surface area contributed by atoms with Crippen molar-refractivity contribution in [2.45, 2.75) is 58.6 Å². The normalized spacial score (nSPS) is 19.0. The molecule has 0 saturated carbocycles. The first-order chi connectivity index (χ1) is 11.1. The van der Waals surface area contributed by atoms with E-state index in [0.717, 1.165) is 47.9 Å². The van der Waals surface area contributed by atoms with Gasteiger partial charge in [-0.2, -0.15) is 0 Å². The third kappa shape index (κ3) is 3.43. The number of hydrogen-bond acceptors (Lipinski definition) is 4. The number of thiazole rings is 1. The highest BCUT2D eigenvalue weighted by Gasteiger charge is 2.29. The predicted molar refractivity (Wildman–Crippen MR) is 92.2 cm³/mol. The SMILES string of the molecule is Cc1c(C(=O)N2CCCC[C@H]2CCOC(C)C)sc2nccn12. The maximum atomic E-state index is 13.1. The number of rotatable bonds is 5. The van der Waals surface area contributed by atoms with Crippen LogP contribution in [0.3, 0.4) is 0 Å². The monoisotopic (exact) mass is 335 g/mol. The van der Waals surface area contributed by atoms with E-state index in [1.54, 1.807) is 6.20 Å². The first kappa shape index (κ1) is 16.5. The molecule has 3 heterocycles. The largest absolute Gasteiger partial charge is 0.379 e. The number of amides is 1. The first-order valence-electron chi connectivity index (χ1n) is 8.43. The summed E-state index contributed by atoms with van der Waals surface area (Å²) in [5, 5.41) is 0. The number of carbonyl (C=O) groups excluding carboxylic acids is 1. The van der Waals surface area contributed by atoms with E-state index in [1.165, 1.54) is 17.8 Å². The van der Waals surface area contributed by atoms with Gasteiger partial charge in [0.25, 0.3) is 5.91 Å². The lowest BCUT2D eigenvalue weighted by atomic mass is 9.99. The first-order valence-corrected chi connectivity index (χ1v) is 9.24. The molecule has 0 unspecified atom stereocenters. The molecule has 2 aromatic heterocycles. The number of imidazole rings is 1. The fraction of sp³-hybridized carbons (Fsp3) is 0.647. The average Bonchev–Trinajstić information content (AvgIpc) is 3.10. The Morgan fingerprint density at radius 3 is 3.04 bits per heavy atom. The maximum Gasteiger partial charge on any atom is 0.266 e. The molecule has 0 aromatic carbocycles. The molecule has 6 heteroatoms. The standard InChI is InChI=1S/C17H25N3O2S/c1-12(2)22-11-7-14-6-4-5-9-20(14)16(21)15-13(3)19-10-8-18-17(19)23-15/h8,10,12,14H,4-7,9,11H2,1-3H3/t14-/m0/s1. The van der Waals surface area contributed by atoms with Crippen molar-refractivity contribution in [3.63, 3.8) is 0 Å².